The van der Waals surface area contributed by atoms with Crippen LogP contribution in [0.4, 0.5) is 0 Å². The molecule has 2 N–H and O–H groups in total. The molecule has 1 atom stereocenters. The standard InChI is InChI=1S/C19H20BrN3O3/c1-10(18(25)26)11-7-13(19(2,3)4)17(24)16(8-11)23-21-14-6-5-12(20)9-15(14)22-23/h5-10,24H,1-4H3,(H,25,26). The summed E-state index contributed by atoms with van der Waals surface area (Å²) in [6, 6.07) is 8.91. The van der Waals surface area contributed by atoms with E-state index in [0.29, 0.717) is 27.8 Å². The third-order valence-electron chi connectivity index (χ3n) is 4.35. The molecule has 1 unspecified atom stereocenters. The van der Waals surface area contributed by atoms with Crippen LogP contribution in [0.1, 0.15) is 44.7 Å². The zero-order chi connectivity index (χ0) is 19.2. The molecule has 26 heavy (non-hydrogen) atoms. The number of carboxylic acids is 1. The van der Waals surface area contributed by atoms with Crippen LogP contribution < -0.4 is 0 Å². The predicted molar refractivity (Wildman–Crippen MR) is 103 cm³/mol. The van der Waals surface area contributed by atoms with Gasteiger partial charge < -0.3 is 10.2 Å². The van der Waals surface area contributed by atoms with Crippen molar-refractivity contribution in [2.24, 2.45) is 0 Å². The summed E-state index contributed by atoms with van der Waals surface area (Å²) in [5.41, 5.74) is 2.60. The minimum atomic E-state index is -0.927. The Balaban J connectivity index is 2.27. The van der Waals surface area contributed by atoms with Crippen molar-refractivity contribution in [1.29, 1.82) is 0 Å². The number of aromatic nitrogens is 3. The van der Waals surface area contributed by atoms with Crippen LogP contribution in [0.2, 0.25) is 0 Å². The number of phenols is 1. The smallest absolute Gasteiger partial charge is 0.310 e. The lowest BCUT2D eigenvalue weighted by Gasteiger charge is -2.23. The summed E-state index contributed by atoms with van der Waals surface area (Å²) in [5.74, 6) is -1.59. The zero-order valence-corrected chi connectivity index (χ0v) is 16.6. The first kappa shape index (κ1) is 18.4. The summed E-state index contributed by atoms with van der Waals surface area (Å²) in [5, 5.41) is 29.1. The molecule has 0 saturated heterocycles. The number of phenolic OH excluding ortho intramolecular Hbond substituents is 1. The molecular weight excluding hydrogens is 398 g/mol. The number of hydrogen-bond acceptors (Lipinski definition) is 4. The maximum Gasteiger partial charge on any atom is 0.310 e. The Labute approximate surface area is 159 Å². The molecule has 0 amide bonds. The SMILES string of the molecule is CC(C(=O)O)c1cc(-n2nc3ccc(Br)cc3n2)c(O)c(C(C)(C)C)c1. The molecule has 0 aliphatic rings. The Morgan fingerprint density at radius 1 is 1.15 bits per heavy atom. The summed E-state index contributed by atoms with van der Waals surface area (Å²) in [6.45, 7) is 7.51. The van der Waals surface area contributed by atoms with E-state index in [2.05, 4.69) is 26.1 Å². The largest absolute Gasteiger partial charge is 0.505 e. The lowest BCUT2D eigenvalue weighted by Crippen LogP contribution is -2.16. The summed E-state index contributed by atoms with van der Waals surface area (Å²) in [6.07, 6.45) is 0. The van der Waals surface area contributed by atoms with Crippen LogP contribution in [0.25, 0.3) is 16.7 Å². The Morgan fingerprint density at radius 2 is 1.81 bits per heavy atom. The maximum atomic E-state index is 11.5. The van der Waals surface area contributed by atoms with Crippen molar-refractivity contribution in [2.75, 3.05) is 0 Å². The monoisotopic (exact) mass is 417 g/mol. The summed E-state index contributed by atoms with van der Waals surface area (Å²) in [4.78, 5) is 12.8. The van der Waals surface area contributed by atoms with E-state index in [1.807, 2.05) is 39.0 Å². The van der Waals surface area contributed by atoms with Gasteiger partial charge in [-0.3, -0.25) is 4.79 Å². The first-order valence-corrected chi connectivity index (χ1v) is 9.00. The number of fused-ring (bicyclic) bond motifs is 1. The Hall–Kier alpha value is -2.41. The van der Waals surface area contributed by atoms with E-state index in [0.717, 1.165) is 4.47 Å². The third-order valence-corrected chi connectivity index (χ3v) is 4.84. The highest BCUT2D eigenvalue weighted by atomic mass is 79.9. The maximum absolute atomic E-state index is 11.5. The predicted octanol–water partition coefficient (Wildman–Crippen LogP) is 4.37. The number of aliphatic carboxylic acids is 1. The molecule has 0 fully saturated rings. The van der Waals surface area contributed by atoms with E-state index in [4.69, 9.17) is 0 Å². The summed E-state index contributed by atoms with van der Waals surface area (Å²) < 4.78 is 0.880. The molecule has 1 heterocycles. The number of aromatic hydroxyl groups is 1. The van der Waals surface area contributed by atoms with Gasteiger partial charge in [0.05, 0.1) is 5.92 Å². The van der Waals surface area contributed by atoms with Crippen LogP contribution in [-0.2, 0) is 10.2 Å². The van der Waals surface area contributed by atoms with Crippen LogP contribution in [0, 0.1) is 0 Å². The van der Waals surface area contributed by atoms with Crippen LogP contribution in [0.5, 0.6) is 5.75 Å². The number of benzene rings is 2. The van der Waals surface area contributed by atoms with Crippen molar-refractivity contribution in [3.63, 3.8) is 0 Å². The van der Waals surface area contributed by atoms with Crippen LogP contribution >= 0.6 is 15.9 Å². The van der Waals surface area contributed by atoms with Crippen molar-refractivity contribution < 1.29 is 15.0 Å². The Morgan fingerprint density at radius 3 is 2.42 bits per heavy atom. The second-order valence-corrected chi connectivity index (χ2v) is 8.28. The van der Waals surface area contributed by atoms with Gasteiger partial charge in [0.1, 0.15) is 22.5 Å². The summed E-state index contributed by atoms with van der Waals surface area (Å²) >= 11 is 3.41. The number of halogens is 1. The molecule has 0 spiro atoms. The molecule has 0 aliphatic heterocycles. The summed E-state index contributed by atoms with van der Waals surface area (Å²) in [7, 11) is 0. The van der Waals surface area contributed by atoms with Crippen LogP contribution in [-0.4, -0.2) is 31.2 Å². The lowest BCUT2D eigenvalue weighted by molar-refractivity contribution is -0.138. The van der Waals surface area contributed by atoms with Gasteiger partial charge in [-0.2, -0.15) is 0 Å². The second-order valence-electron chi connectivity index (χ2n) is 7.37. The fraction of sp³-hybridized carbons (Fsp3) is 0.316. The first-order valence-electron chi connectivity index (χ1n) is 8.21. The highest BCUT2D eigenvalue weighted by Gasteiger charge is 2.26. The van der Waals surface area contributed by atoms with Gasteiger partial charge in [-0.25, -0.2) is 0 Å². The topological polar surface area (TPSA) is 88.2 Å². The zero-order valence-electron chi connectivity index (χ0n) is 15.0. The van der Waals surface area contributed by atoms with E-state index < -0.39 is 11.9 Å². The van der Waals surface area contributed by atoms with Gasteiger partial charge in [-0.05, 0) is 42.2 Å². The van der Waals surface area contributed by atoms with Gasteiger partial charge in [0.15, 0.2) is 0 Å². The number of nitrogens with zero attached hydrogens (tertiary/aromatic N) is 3. The number of hydrogen-bond donors (Lipinski definition) is 2. The molecule has 0 saturated carbocycles. The fourth-order valence-corrected chi connectivity index (χ4v) is 3.10. The normalized spacial score (nSPS) is 13.1. The van der Waals surface area contributed by atoms with Crippen molar-refractivity contribution in [3.05, 3.63) is 45.9 Å². The molecule has 2 aromatic carbocycles. The lowest BCUT2D eigenvalue weighted by atomic mass is 9.83. The molecule has 6 nitrogen and oxygen atoms in total. The average molecular weight is 418 g/mol. The first-order chi connectivity index (χ1) is 12.1. The molecule has 3 aromatic rings. The fourth-order valence-electron chi connectivity index (χ4n) is 2.75. The quantitative estimate of drug-likeness (QED) is 0.659. The van der Waals surface area contributed by atoms with Crippen molar-refractivity contribution in [3.8, 4) is 11.4 Å². The van der Waals surface area contributed by atoms with E-state index in [1.165, 1.54) is 4.80 Å². The Kier molecular flexibility index (Phi) is 4.52. The van der Waals surface area contributed by atoms with E-state index in [1.54, 1.807) is 19.1 Å². The average Bonchev–Trinajstić information content (AvgIpc) is 2.95. The number of carboxylic acid groups (broad SMARTS) is 1. The highest BCUT2D eigenvalue weighted by molar-refractivity contribution is 9.10. The minimum absolute atomic E-state index is 0.0539. The molecule has 0 radical (unpaired) electrons. The molecule has 0 aliphatic carbocycles. The van der Waals surface area contributed by atoms with E-state index in [9.17, 15) is 15.0 Å². The molecule has 1 aromatic heterocycles. The van der Waals surface area contributed by atoms with Gasteiger partial charge >= 0.3 is 5.97 Å². The molecule has 7 heteroatoms. The second kappa shape index (κ2) is 6.39. The molecule has 0 bridgehead atoms. The van der Waals surface area contributed by atoms with Crippen molar-refractivity contribution in [1.82, 2.24) is 15.0 Å². The molecule has 3 rings (SSSR count). The van der Waals surface area contributed by atoms with Gasteiger partial charge in [-0.15, -0.1) is 15.0 Å². The van der Waals surface area contributed by atoms with Crippen LogP contribution in [0.15, 0.2) is 34.8 Å². The van der Waals surface area contributed by atoms with Crippen molar-refractivity contribution in [2.45, 2.75) is 39.0 Å². The van der Waals surface area contributed by atoms with Gasteiger partial charge in [0, 0.05) is 10.0 Å². The van der Waals surface area contributed by atoms with Gasteiger partial charge in [0.2, 0.25) is 0 Å². The molecular formula is C19H20BrN3O3. The Bertz CT molecular complexity index is 1010. The number of carbonyl (C=O) groups is 1. The van der Waals surface area contributed by atoms with Crippen molar-refractivity contribution >= 4 is 32.9 Å². The van der Waals surface area contributed by atoms with Crippen LogP contribution in [0.3, 0.4) is 0 Å². The van der Waals surface area contributed by atoms with Gasteiger partial charge in [0.25, 0.3) is 0 Å². The van der Waals surface area contributed by atoms with E-state index in [-0.39, 0.29) is 11.2 Å². The van der Waals surface area contributed by atoms with Gasteiger partial charge in [-0.1, -0.05) is 42.8 Å². The highest BCUT2D eigenvalue weighted by Crippen LogP contribution is 2.38. The van der Waals surface area contributed by atoms with E-state index >= 15 is 0 Å². The molecule has 136 valence electrons. The number of rotatable bonds is 3. The third kappa shape index (κ3) is 3.31. The minimum Gasteiger partial charge on any atom is -0.505 e.